The van der Waals surface area contributed by atoms with Crippen molar-refractivity contribution in [2.75, 3.05) is 23.7 Å². The third-order valence-corrected chi connectivity index (χ3v) is 10.9. The summed E-state index contributed by atoms with van der Waals surface area (Å²) < 4.78 is 69.7. The van der Waals surface area contributed by atoms with Crippen LogP contribution in [0.4, 0.5) is 30.6 Å². The lowest BCUT2D eigenvalue weighted by molar-refractivity contribution is -0.0568. The number of H-pyrrole nitrogens is 1. The van der Waals surface area contributed by atoms with E-state index >= 15 is 0 Å². The highest BCUT2D eigenvalue weighted by Gasteiger charge is 2.47. The minimum atomic E-state index is -3.90. The Morgan fingerprint density at radius 3 is 2.47 bits per heavy atom. The van der Waals surface area contributed by atoms with Gasteiger partial charge in [0.15, 0.2) is 5.82 Å². The summed E-state index contributed by atoms with van der Waals surface area (Å²) in [6, 6.07) is 8.02. The second kappa shape index (κ2) is 11.5. The molecule has 0 aliphatic carbocycles. The number of pyridine rings is 3. The predicted octanol–water partition coefficient (Wildman–Crippen LogP) is 4.97. The number of fused-ring (bicyclic) bond motifs is 3. The minimum absolute atomic E-state index is 0.0622. The molecule has 0 saturated carbocycles. The van der Waals surface area contributed by atoms with Crippen molar-refractivity contribution in [1.82, 2.24) is 34.4 Å². The van der Waals surface area contributed by atoms with E-state index in [0.29, 0.717) is 68.3 Å². The molecule has 0 spiro atoms. The van der Waals surface area contributed by atoms with Crippen molar-refractivity contribution in [2.24, 2.45) is 0 Å². The Bertz CT molecular complexity index is 1810. The minimum Gasteiger partial charge on any atom is -0.367 e. The third-order valence-electron chi connectivity index (χ3n) is 8.94. The van der Waals surface area contributed by atoms with Crippen LogP contribution >= 0.6 is 0 Å². The third kappa shape index (κ3) is 6.20. The molecule has 15 heteroatoms. The lowest BCUT2D eigenvalue weighted by Gasteiger charge is -2.38. The molecule has 0 amide bonds. The number of aromatic amines is 1. The largest absolute Gasteiger partial charge is 0.367 e. The summed E-state index contributed by atoms with van der Waals surface area (Å²) in [7, 11) is -3.90. The monoisotopic (exact) mass is 641 g/mol. The van der Waals surface area contributed by atoms with Gasteiger partial charge in [0.25, 0.3) is 5.92 Å². The van der Waals surface area contributed by atoms with E-state index < -0.39 is 21.8 Å². The molecule has 45 heavy (non-hydrogen) atoms. The number of piperidine rings is 2. The van der Waals surface area contributed by atoms with E-state index in [1.165, 1.54) is 10.5 Å². The van der Waals surface area contributed by atoms with Gasteiger partial charge in [-0.3, -0.25) is 20.0 Å². The van der Waals surface area contributed by atoms with E-state index in [1.54, 1.807) is 0 Å². The first-order chi connectivity index (χ1) is 21.5. The quantitative estimate of drug-likeness (QED) is 0.244. The van der Waals surface area contributed by atoms with Crippen molar-refractivity contribution < 1.29 is 21.6 Å². The second-order valence-electron chi connectivity index (χ2n) is 12.3. The summed E-state index contributed by atoms with van der Waals surface area (Å²) in [5, 5.41) is 14.8. The molecule has 3 saturated heterocycles. The molecule has 7 rings (SSSR count). The SMILES string of the molecule is Cc1cc(Nc2cc3nc(CN4CCC(F)(F)CC4)ccc3c(NC3C[C@H]4CC[C@@H](C3)N4S(=O)(=O)c3cncc(F)c3)n2)n[nH]1. The number of aromatic nitrogens is 5. The van der Waals surface area contributed by atoms with Crippen LogP contribution in [0.15, 0.2) is 47.6 Å². The number of nitrogens with zero attached hydrogens (tertiary/aromatic N) is 6. The van der Waals surface area contributed by atoms with Crippen molar-refractivity contribution in [3.63, 3.8) is 0 Å². The van der Waals surface area contributed by atoms with E-state index in [0.717, 1.165) is 29.0 Å². The zero-order valence-electron chi connectivity index (χ0n) is 24.7. The summed E-state index contributed by atoms with van der Waals surface area (Å²) in [6.07, 6.45) is 4.42. The Balaban J connectivity index is 1.14. The van der Waals surface area contributed by atoms with Gasteiger partial charge in [-0.25, -0.2) is 26.6 Å². The molecule has 238 valence electrons. The number of rotatable bonds is 8. The second-order valence-corrected chi connectivity index (χ2v) is 14.1. The first-order valence-electron chi connectivity index (χ1n) is 15.1. The molecular formula is C30H34F3N9O2S. The van der Waals surface area contributed by atoms with Crippen LogP contribution in [0.5, 0.6) is 0 Å². The number of hydrogen-bond acceptors (Lipinski definition) is 9. The molecule has 2 bridgehead atoms. The lowest BCUT2D eigenvalue weighted by atomic mass is 9.99. The predicted molar refractivity (Wildman–Crippen MR) is 162 cm³/mol. The smallest absolute Gasteiger partial charge is 0.250 e. The van der Waals surface area contributed by atoms with E-state index in [-0.39, 0.29) is 35.9 Å². The highest BCUT2D eigenvalue weighted by atomic mass is 32.2. The molecule has 3 fully saturated rings. The van der Waals surface area contributed by atoms with Crippen molar-refractivity contribution in [3.05, 3.63) is 59.9 Å². The molecule has 0 aromatic carbocycles. The van der Waals surface area contributed by atoms with Crippen LogP contribution in [-0.4, -0.2) is 79.9 Å². The van der Waals surface area contributed by atoms with Crippen LogP contribution in [-0.2, 0) is 16.6 Å². The van der Waals surface area contributed by atoms with Gasteiger partial charge in [0.05, 0.1) is 17.4 Å². The molecule has 4 aromatic heterocycles. The summed E-state index contributed by atoms with van der Waals surface area (Å²) >= 11 is 0. The molecule has 11 nitrogen and oxygen atoms in total. The summed E-state index contributed by atoms with van der Waals surface area (Å²) in [6.45, 7) is 2.99. The van der Waals surface area contributed by atoms with Crippen molar-refractivity contribution in [3.8, 4) is 0 Å². The summed E-state index contributed by atoms with van der Waals surface area (Å²) in [5.74, 6) is -1.57. The zero-order valence-corrected chi connectivity index (χ0v) is 25.5. The van der Waals surface area contributed by atoms with Crippen LogP contribution < -0.4 is 10.6 Å². The maximum Gasteiger partial charge on any atom is 0.250 e. The molecule has 1 unspecified atom stereocenters. The fourth-order valence-electron chi connectivity index (χ4n) is 6.81. The first-order valence-corrected chi connectivity index (χ1v) is 16.6. The molecular weight excluding hydrogens is 607 g/mol. The van der Waals surface area contributed by atoms with Gasteiger partial charge in [-0.1, -0.05) is 0 Å². The molecule has 7 heterocycles. The first kappa shape index (κ1) is 29.9. The maximum atomic E-state index is 13.8. The van der Waals surface area contributed by atoms with Gasteiger partial charge in [0.1, 0.15) is 22.3 Å². The average molecular weight is 642 g/mol. The van der Waals surface area contributed by atoms with E-state index in [1.807, 2.05) is 36.1 Å². The number of anilines is 3. The maximum absolute atomic E-state index is 13.8. The van der Waals surface area contributed by atoms with Gasteiger partial charge < -0.3 is 10.6 Å². The van der Waals surface area contributed by atoms with Gasteiger partial charge in [0.2, 0.25) is 10.0 Å². The van der Waals surface area contributed by atoms with E-state index in [9.17, 15) is 21.6 Å². The highest BCUT2D eigenvalue weighted by molar-refractivity contribution is 7.89. The highest BCUT2D eigenvalue weighted by Crippen LogP contribution is 2.41. The van der Waals surface area contributed by atoms with Crippen molar-refractivity contribution in [1.29, 1.82) is 0 Å². The van der Waals surface area contributed by atoms with Gasteiger partial charge >= 0.3 is 0 Å². The normalized spacial score (nSPS) is 23.8. The Morgan fingerprint density at radius 2 is 1.78 bits per heavy atom. The number of likely N-dealkylation sites (tertiary alicyclic amines) is 1. The Kier molecular flexibility index (Phi) is 7.64. The fraction of sp³-hybridized carbons (Fsp3) is 0.467. The van der Waals surface area contributed by atoms with Crippen molar-refractivity contribution in [2.45, 2.75) is 80.9 Å². The molecule has 3 N–H and O–H groups in total. The van der Waals surface area contributed by atoms with E-state index in [4.69, 9.17) is 9.97 Å². The standard InChI is InChI=1S/C30H34F3N9O2S/c1-18-10-28(40-39-18)37-27-14-26-25(5-2-20(35-26)17-41-8-6-30(32,33)7-9-41)29(38-27)36-21-12-22-3-4-23(13-21)42(22)45(43,44)24-11-19(31)15-34-16-24/h2,5,10-11,14-16,21-23H,3-4,6-9,12-13,17H2,1H3,(H3,36,37,38,39,40)/t21?,22-,23+. The van der Waals surface area contributed by atoms with Crippen LogP contribution in [0.25, 0.3) is 10.9 Å². The Labute approximate surface area is 258 Å². The fourth-order valence-corrected chi connectivity index (χ4v) is 8.67. The topological polar surface area (TPSA) is 132 Å². The van der Waals surface area contributed by atoms with Crippen molar-refractivity contribution >= 4 is 38.4 Å². The van der Waals surface area contributed by atoms with Gasteiger partial charge in [-0.15, -0.1) is 0 Å². The number of nitrogens with one attached hydrogen (secondary N) is 3. The molecule has 3 atom stereocenters. The average Bonchev–Trinajstić information content (AvgIpc) is 3.53. The molecule has 3 aliphatic heterocycles. The van der Waals surface area contributed by atoms with Gasteiger partial charge in [-0.05, 0) is 50.8 Å². The number of sulfonamides is 1. The van der Waals surface area contributed by atoms with Crippen LogP contribution in [0.1, 0.15) is 49.9 Å². The molecule has 3 aliphatic rings. The molecule has 0 radical (unpaired) electrons. The van der Waals surface area contributed by atoms with E-state index in [2.05, 4.69) is 25.8 Å². The van der Waals surface area contributed by atoms with Crippen LogP contribution in [0.3, 0.4) is 0 Å². The lowest BCUT2D eigenvalue weighted by Crippen LogP contribution is -2.49. The summed E-state index contributed by atoms with van der Waals surface area (Å²) in [4.78, 5) is 15.4. The molecule has 4 aromatic rings. The number of alkyl halides is 2. The number of aryl methyl sites for hydroxylation is 1. The van der Waals surface area contributed by atoms with Crippen LogP contribution in [0.2, 0.25) is 0 Å². The van der Waals surface area contributed by atoms with Crippen LogP contribution in [0, 0.1) is 12.7 Å². The van der Waals surface area contributed by atoms with Gasteiger partial charge in [0, 0.05) is 80.0 Å². The zero-order chi connectivity index (χ0) is 31.3. The Morgan fingerprint density at radius 1 is 1.02 bits per heavy atom. The number of halogens is 3. The summed E-state index contributed by atoms with van der Waals surface area (Å²) in [5.41, 5.74) is 2.34. The Hall–Kier alpha value is -3.82. The number of hydrogen-bond donors (Lipinski definition) is 3. The van der Waals surface area contributed by atoms with Gasteiger partial charge in [-0.2, -0.15) is 9.40 Å².